The summed E-state index contributed by atoms with van der Waals surface area (Å²) >= 11 is 0. The van der Waals surface area contributed by atoms with E-state index in [1.165, 1.54) is 12.8 Å². The molecule has 2 saturated heterocycles. The van der Waals surface area contributed by atoms with E-state index in [9.17, 15) is 4.79 Å². The first-order chi connectivity index (χ1) is 7.65. The number of carbonyl (C=O) groups excluding carboxylic acids is 1. The van der Waals surface area contributed by atoms with Crippen molar-refractivity contribution in [3.63, 3.8) is 0 Å². The summed E-state index contributed by atoms with van der Waals surface area (Å²) in [6.07, 6.45) is 2.42. The van der Waals surface area contributed by atoms with Crippen LogP contribution in [0.3, 0.4) is 0 Å². The van der Waals surface area contributed by atoms with E-state index in [2.05, 4.69) is 12.2 Å². The second-order valence-corrected chi connectivity index (χ2v) is 5.05. The normalized spacial score (nSPS) is 36.5. The average molecular weight is 226 g/mol. The van der Waals surface area contributed by atoms with Crippen LogP contribution in [0.25, 0.3) is 0 Å². The summed E-state index contributed by atoms with van der Waals surface area (Å²) < 4.78 is 5.82. The Morgan fingerprint density at radius 1 is 1.62 bits per heavy atom. The van der Waals surface area contributed by atoms with Crippen LogP contribution < -0.4 is 5.32 Å². The van der Waals surface area contributed by atoms with E-state index in [-0.39, 0.29) is 18.1 Å². The molecule has 0 saturated carbocycles. The molecule has 2 rings (SSSR count). The summed E-state index contributed by atoms with van der Waals surface area (Å²) in [5.74, 6) is 0.659. The number of likely N-dealkylation sites (N-methyl/N-ethyl adjacent to an activating group) is 1. The number of hydrogen-bond acceptors (Lipinski definition) is 3. The van der Waals surface area contributed by atoms with E-state index >= 15 is 0 Å². The van der Waals surface area contributed by atoms with Crippen LogP contribution in [0.1, 0.15) is 26.7 Å². The van der Waals surface area contributed by atoms with E-state index < -0.39 is 0 Å². The highest BCUT2D eigenvalue weighted by atomic mass is 16.5. The molecule has 0 bridgehead atoms. The Morgan fingerprint density at radius 3 is 3.06 bits per heavy atom. The van der Waals surface area contributed by atoms with E-state index in [4.69, 9.17) is 4.74 Å². The molecule has 2 atom stereocenters. The predicted molar refractivity (Wildman–Crippen MR) is 62.2 cm³/mol. The van der Waals surface area contributed by atoms with E-state index in [1.54, 1.807) is 0 Å². The van der Waals surface area contributed by atoms with Gasteiger partial charge in [-0.3, -0.25) is 4.79 Å². The monoisotopic (exact) mass is 226 g/mol. The Kier molecular flexibility index (Phi) is 3.50. The summed E-state index contributed by atoms with van der Waals surface area (Å²) in [7, 11) is 0. The highest BCUT2D eigenvalue weighted by Gasteiger charge is 2.41. The lowest BCUT2D eigenvalue weighted by Crippen LogP contribution is -2.58. The van der Waals surface area contributed by atoms with Crippen molar-refractivity contribution in [1.29, 1.82) is 0 Å². The van der Waals surface area contributed by atoms with Crippen molar-refractivity contribution in [1.82, 2.24) is 10.2 Å². The second-order valence-electron chi connectivity index (χ2n) is 5.05. The standard InChI is InChI=1S/C12H22N2O2/c1-3-14-9-12(2,16-8-11(14)15)10-5-4-6-13-7-10/h10,13H,3-9H2,1-2H3. The highest BCUT2D eigenvalue weighted by Crippen LogP contribution is 2.31. The number of hydrogen-bond donors (Lipinski definition) is 1. The lowest BCUT2D eigenvalue weighted by Gasteiger charge is -2.45. The molecule has 1 N–H and O–H groups in total. The number of amides is 1. The molecule has 2 aliphatic heterocycles. The molecule has 0 aliphatic carbocycles. The molecular formula is C12H22N2O2. The van der Waals surface area contributed by atoms with Gasteiger partial charge in [-0.25, -0.2) is 0 Å². The Morgan fingerprint density at radius 2 is 2.44 bits per heavy atom. The van der Waals surface area contributed by atoms with Crippen LogP contribution >= 0.6 is 0 Å². The van der Waals surface area contributed by atoms with Crippen LogP contribution in [-0.4, -0.2) is 49.2 Å². The number of piperidine rings is 1. The van der Waals surface area contributed by atoms with Crippen LogP contribution in [0.5, 0.6) is 0 Å². The summed E-state index contributed by atoms with van der Waals surface area (Å²) in [5.41, 5.74) is -0.155. The summed E-state index contributed by atoms with van der Waals surface area (Å²) in [6, 6.07) is 0. The van der Waals surface area contributed by atoms with Crippen molar-refractivity contribution < 1.29 is 9.53 Å². The van der Waals surface area contributed by atoms with Crippen LogP contribution in [-0.2, 0) is 9.53 Å². The fraction of sp³-hybridized carbons (Fsp3) is 0.917. The molecule has 2 unspecified atom stereocenters. The van der Waals surface area contributed by atoms with Gasteiger partial charge in [0.25, 0.3) is 0 Å². The van der Waals surface area contributed by atoms with Gasteiger partial charge in [0, 0.05) is 25.6 Å². The Labute approximate surface area is 97.3 Å². The number of ether oxygens (including phenoxy) is 1. The van der Waals surface area contributed by atoms with Gasteiger partial charge in [-0.05, 0) is 33.2 Å². The van der Waals surface area contributed by atoms with Crippen molar-refractivity contribution in [3.8, 4) is 0 Å². The van der Waals surface area contributed by atoms with Crippen LogP contribution in [0, 0.1) is 5.92 Å². The lowest BCUT2D eigenvalue weighted by atomic mass is 9.82. The lowest BCUT2D eigenvalue weighted by molar-refractivity contribution is -0.170. The van der Waals surface area contributed by atoms with Crippen molar-refractivity contribution >= 4 is 5.91 Å². The van der Waals surface area contributed by atoms with E-state index in [0.29, 0.717) is 5.92 Å². The zero-order valence-electron chi connectivity index (χ0n) is 10.3. The zero-order chi connectivity index (χ0) is 11.6. The maximum atomic E-state index is 11.6. The fourth-order valence-electron chi connectivity index (χ4n) is 2.74. The number of nitrogens with one attached hydrogen (secondary N) is 1. The quantitative estimate of drug-likeness (QED) is 0.750. The third kappa shape index (κ3) is 2.23. The van der Waals surface area contributed by atoms with Gasteiger partial charge in [0.15, 0.2) is 0 Å². The third-order valence-corrected chi connectivity index (χ3v) is 3.93. The van der Waals surface area contributed by atoms with Crippen LogP contribution in [0.15, 0.2) is 0 Å². The molecule has 0 aromatic heterocycles. The van der Waals surface area contributed by atoms with Gasteiger partial charge in [0.1, 0.15) is 6.61 Å². The van der Waals surface area contributed by atoms with Gasteiger partial charge in [-0.15, -0.1) is 0 Å². The molecule has 2 fully saturated rings. The van der Waals surface area contributed by atoms with Crippen LogP contribution in [0.2, 0.25) is 0 Å². The second kappa shape index (κ2) is 4.72. The SMILES string of the molecule is CCN1CC(C)(C2CCCNC2)OCC1=O. The molecule has 4 heteroatoms. The number of morpholine rings is 1. The molecule has 0 spiro atoms. The fourth-order valence-corrected chi connectivity index (χ4v) is 2.74. The molecule has 16 heavy (non-hydrogen) atoms. The molecule has 2 heterocycles. The summed E-state index contributed by atoms with van der Waals surface area (Å²) in [5, 5.41) is 3.42. The minimum absolute atomic E-state index is 0.128. The van der Waals surface area contributed by atoms with Gasteiger partial charge < -0.3 is 15.0 Å². The first-order valence-electron chi connectivity index (χ1n) is 6.28. The van der Waals surface area contributed by atoms with Gasteiger partial charge >= 0.3 is 0 Å². The highest BCUT2D eigenvalue weighted by molar-refractivity contribution is 5.78. The first kappa shape index (κ1) is 11.9. The van der Waals surface area contributed by atoms with Gasteiger partial charge in [-0.1, -0.05) is 0 Å². The number of carbonyl (C=O) groups is 1. The molecular weight excluding hydrogens is 204 g/mol. The van der Waals surface area contributed by atoms with Crippen molar-refractivity contribution in [2.45, 2.75) is 32.3 Å². The van der Waals surface area contributed by atoms with Gasteiger partial charge in [0.2, 0.25) is 5.91 Å². The smallest absolute Gasteiger partial charge is 0.248 e. The number of rotatable bonds is 2. The largest absolute Gasteiger partial charge is 0.363 e. The molecule has 0 radical (unpaired) electrons. The maximum absolute atomic E-state index is 11.6. The molecule has 0 aromatic carbocycles. The van der Waals surface area contributed by atoms with Crippen LogP contribution in [0.4, 0.5) is 0 Å². The molecule has 0 aromatic rings. The van der Waals surface area contributed by atoms with Crippen molar-refractivity contribution in [3.05, 3.63) is 0 Å². The third-order valence-electron chi connectivity index (χ3n) is 3.93. The van der Waals surface area contributed by atoms with E-state index in [1.807, 2.05) is 11.8 Å². The van der Waals surface area contributed by atoms with Gasteiger partial charge in [0.05, 0.1) is 5.60 Å². The van der Waals surface area contributed by atoms with Crippen molar-refractivity contribution in [2.24, 2.45) is 5.92 Å². The number of nitrogens with zero attached hydrogens (tertiary/aromatic N) is 1. The Balaban J connectivity index is 2.03. The predicted octanol–water partition coefficient (Wildman–Crippen LogP) is 0.623. The van der Waals surface area contributed by atoms with Crippen molar-refractivity contribution in [2.75, 3.05) is 32.8 Å². The van der Waals surface area contributed by atoms with Gasteiger partial charge in [-0.2, -0.15) is 0 Å². The topological polar surface area (TPSA) is 41.6 Å². The summed E-state index contributed by atoms with van der Waals surface area (Å²) in [6.45, 7) is 8.10. The minimum Gasteiger partial charge on any atom is -0.363 e. The molecule has 2 aliphatic rings. The Hall–Kier alpha value is -0.610. The molecule has 92 valence electrons. The average Bonchev–Trinajstić information content (AvgIpc) is 2.34. The minimum atomic E-state index is -0.155. The molecule has 1 amide bonds. The first-order valence-corrected chi connectivity index (χ1v) is 6.28. The molecule has 4 nitrogen and oxygen atoms in total. The summed E-state index contributed by atoms with van der Waals surface area (Å²) in [4.78, 5) is 13.5. The maximum Gasteiger partial charge on any atom is 0.248 e. The zero-order valence-corrected chi connectivity index (χ0v) is 10.3. The van der Waals surface area contributed by atoms with E-state index in [0.717, 1.165) is 26.2 Å². The Bertz CT molecular complexity index is 264.